The van der Waals surface area contributed by atoms with Gasteiger partial charge in [-0.05, 0) is 25.1 Å². The summed E-state index contributed by atoms with van der Waals surface area (Å²) in [5.74, 6) is -0.965. The molecule has 7 nitrogen and oxygen atoms in total. The quantitative estimate of drug-likeness (QED) is 0.778. The van der Waals surface area contributed by atoms with Gasteiger partial charge in [0.25, 0.3) is 0 Å². The molecule has 0 radical (unpaired) electrons. The van der Waals surface area contributed by atoms with Gasteiger partial charge in [0.15, 0.2) is 0 Å². The Hall–Kier alpha value is -2.70. The van der Waals surface area contributed by atoms with Crippen molar-refractivity contribution in [2.45, 2.75) is 19.5 Å². The molecule has 2 aromatic heterocycles. The van der Waals surface area contributed by atoms with Crippen LogP contribution in [0.4, 0.5) is 0 Å². The molecule has 0 saturated carbocycles. The third-order valence-corrected chi connectivity index (χ3v) is 3.17. The lowest BCUT2D eigenvalue weighted by Crippen LogP contribution is -2.13. The molecular weight excluding hydrogens is 258 g/mol. The van der Waals surface area contributed by atoms with Gasteiger partial charge in [0.05, 0.1) is 23.4 Å². The summed E-state index contributed by atoms with van der Waals surface area (Å²) in [5.41, 5.74) is 1.62. The van der Waals surface area contributed by atoms with E-state index in [0.29, 0.717) is 5.52 Å². The minimum atomic E-state index is -0.965. The number of benzene rings is 1. The number of aromatic nitrogens is 5. The van der Waals surface area contributed by atoms with Gasteiger partial charge in [0.1, 0.15) is 5.52 Å². The second kappa shape index (κ2) is 4.76. The van der Waals surface area contributed by atoms with Crippen LogP contribution in [0.5, 0.6) is 0 Å². The highest BCUT2D eigenvalue weighted by Gasteiger charge is 2.13. The molecule has 0 spiro atoms. The molecule has 2 heterocycles. The Morgan fingerprint density at radius 1 is 1.45 bits per heavy atom. The standard InChI is InChI=1S/C13H13N5O2/c1-9(7-17-5-4-14-8-17)18-12-3-2-10(13(19)20)6-11(12)15-16-18/h2-6,8-9H,7H2,1H3,(H,19,20). The maximum absolute atomic E-state index is 10.9. The minimum absolute atomic E-state index is 0.0879. The van der Waals surface area contributed by atoms with Crippen LogP contribution in [0.25, 0.3) is 11.0 Å². The molecule has 3 rings (SSSR count). The van der Waals surface area contributed by atoms with E-state index in [1.54, 1.807) is 29.3 Å². The Morgan fingerprint density at radius 3 is 3.00 bits per heavy atom. The summed E-state index contributed by atoms with van der Waals surface area (Å²) in [6.45, 7) is 2.75. The third-order valence-electron chi connectivity index (χ3n) is 3.17. The fraction of sp³-hybridized carbons (Fsp3) is 0.231. The molecule has 102 valence electrons. The highest BCUT2D eigenvalue weighted by atomic mass is 16.4. The first-order chi connectivity index (χ1) is 9.65. The van der Waals surface area contributed by atoms with Crippen molar-refractivity contribution < 1.29 is 9.90 Å². The number of rotatable bonds is 4. The van der Waals surface area contributed by atoms with Crippen molar-refractivity contribution in [1.82, 2.24) is 24.5 Å². The number of hydrogen-bond acceptors (Lipinski definition) is 4. The lowest BCUT2D eigenvalue weighted by atomic mass is 10.2. The summed E-state index contributed by atoms with van der Waals surface area (Å²) in [6, 6.07) is 4.92. The van der Waals surface area contributed by atoms with Crippen molar-refractivity contribution >= 4 is 17.0 Å². The first-order valence-corrected chi connectivity index (χ1v) is 6.19. The Bertz CT molecular complexity index is 747. The monoisotopic (exact) mass is 271 g/mol. The number of aromatic carboxylic acids is 1. The number of fused-ring (bicyclic) bond motifs is 1. The van der Waals surface area contributed by atoms with Gasteiger partial charge in [-0.3, -0.25) is 0 Å². The lowest BCUT2D eigenvalue weighted by Gasteiger charge is -2.13. The predicted octanol–water partition coefficient (Wildman–Crippen LogP) is 1.59. The van der Waals surface area contributed by atoms with Gasteiger partial charge in [-0.2, -0.15) is 0 Å². The molecule has 7 heteroatoms. The molecule has 20 heavy (non-hydrogen) atoms. The van der Waals surface area contributed by atoms with Gasteiger partial charge in [0.2, 0.25) is 0 Å². The zero-order valence-electron chi connectivity index (χ0n) is 10.8. The number of nitrogens with zero attached hydrogens (tertiary/aromatic N) is 5. The minimum Gasteiger partial charge on any atom is -0.478 e. The molecular formula is C13H13N5O2. The molecule has 0 aliphatic heterocycles. The van der Waals surface area contributed by atoms with E-state index in [2.05, 4.69) is 15.3 Å². The summed E-state index contributed by atoms with van der Waals surface area (Å²) < 4.78 is 3.75. The largest absolute Gasteiger partial charge is 0.478 e. The average Bonchev–Trinajstić information content (AvgIpc) is 3.06. The van der Waals surface area contributed by atoms with Crippen LogP contribution in [0.3, 0.4) is 0 Å². The summed E-state index contributed by atoms with van der Waals surface area (Å²) in [4.78, 5) is 14.9. The molecule has 0 bridgehead atoms. The zero-order chi connectivity index (χ0) is 14.1. The number of carboxylic acids is 1. The van der Waals surface area contributed by atoms with Crippen molar-refractivity contribution in [3.8, 4) is 0 Å². The van der Waals surface area contributed by atoms with E-state index in [-0.39, 0.29) is 11.6 Å². The Balaban J connectivity index is 1.94. The van der Waals surface area contributed by atoms with Gasteiger partial charge in [-0.1, -0.05) is 5.21 Å². The van der Waals surface area contributed by atoms with Crippen molar-refractivity contribution in [3.63, 3.8) is 0 Å². The molecule has 1 N–H and O–H groups in total. The molecule has 0 aliphatic carbocycles. The third kappa shape index (κ3) is 2.13. The van der Waals surface area contributed by atoms with Crippen LogP contribution in [0.2, 0.25) is 0 Å². The van der Waals surface area contributed by atoms with Crippen LogP contribution >= 0.6 is 0 Å². The number of carbonyl (C=O) groups is 1. The van der Waals surface area contributed by atoms with Gasteiger partial charge in [-0.15, -0.1) is 5.10 Å². The van der Waals surface area contributed by atoms with Crippen molar-refractivity contribution in [3.05, 3.63) is 42.5 Å². The summed E-state index contributed by atoms with van der Waals surface area (Å²) in [5, 5.41) is 17.1. The Morgan fingerprint density at radius 2 is 2.30 bits per heavy atom. The predicted molar refractivity (Wildman–Crippen MR) is 71.4 cm³/mol. The molecule has 1 aromatic carbocycles. The first kappa shape index (κ1) is 12.3. The Labute approximate surface area is 114 Å². The average molecular weight is 271 g/mol. The molecule has 0 saturated heterocycles. The van der Waals surface area contributed by atoms with Crippen molar-refractivity contribution in [1.29, 1.82) is 0 Å². The summed E-state index contributed by atoms with van der Waals surface area (Å²) in [7, 11) is 0. The maximum atomic E-state index is 10.9. The molecule has 1 atom stereocenters. The lowest BCUT2D eigenvalue weighted by molar-refractivity contribution is 0.0697. The van der Waals surface area contributed by atoms with Gasteiger partial charge in [0, 0.05) is 18.9 Å². The zero-order valence-corrected chi connectivity index (χ0v) is 10.8. The molecule has 0 fully saturated rings. The van der Waals surface area contributed by atoms with Crippen LogP contribution in [-0.2, 0) is 6.54 Å². The molecule has 0 amide bonds. The van der Waals surface area contributed by atoms with Crippen LogP contribution < -0.4 is 0 Å². The second-order valence-electron chi connectivity index (χ2n) is 4.65. The van der Waals surface area contributed by atoms with E-state index in [9.17, 15) is 4.79 Å². The van der Waals surface area contributed by atoms with E-state index in [1.807, 2.05) is 17.7 Å². The van der Waals surface area contributed by atoms with Gasteiger partial charge < -0.3 is 9.67 Å². The Kier molecular flexibility index (Phi) is 2.94. The fourth-order valence-electron chi connectivity index (χ4n) is 2.18. The normalized spacial score (nSPS) is 12.7. The summed E-state index contributed by atoms with van der Waals surface area (Å²) >= 11 is 0. The van der Waals surface area contributed by atoms with E-state index in [4.69, 9.17) is 5.11 Å². The second-order valence-corrected chi connectivity index (χ2v) is 4.65. The molecule has 0 aliphatic rings. The van der Waals surface area contributed by atoms with Gasteiger partial charge >= 0.3 is 5.97 Å². The van der Waals surface area contributed by atoms with Crippen molar-refractivity contribution in [2.75, 3.05) is 0 Å². The van der Waals surface area contributed by atoms with E-state index in [1.165, 1.54) is 6.07 Å². The first-order valence-electron chi connectivity index (χ1n) is 6.19. The van der Waals surface area contributed by atoms with E-state index in [0.717, 1.165) is 12.1 Å². The van der Waals surface area contributed by atoms with Gasteiger partial charge in [-0.25, -0.2) is 14.5 Å². The molecule has 1 unspecified atom stereocenters. The topological polar surface area (TPSA) is 85.8 Å². The number of hydrogen-bond donors (Lipinski definition) is 1. The van der Waals surface area contributed by atoms with Crippen LogP contribution in [-0.4, -0.2) is 35.6 Å². The van der Waals surface area contributed by atoms with Crippen LogP contribution in [0, 0.1) is 0 Å². The SMILES string of the molecule is CC(Cn1ccnc1)n1nnc2cc(C(=O)O)ccc21. The van der Waals surface area contributed by atoms with E-state index < -0.39 is 5.97 Å². The number of imidazole rings is 1. The van der Waals surface area contributed by atoms with Crippen LogP contribution in [0.15, 0.2) is 36.9 Å². The van der Waals surface area contributed by atoms with E-state index >= 15 is 0 Å². The van der Waals surface area contributed by atoms with Crippen molar-refractivity contribution in [2.24, 2.45) is 0 Å². The smallest absolute Gasteiger partial charge is 0.335 e. The fourth-order valence-corrected chi connectivity index (χ4v) is 2.18. The highest BCUT2D eigenvalue weighted by molar-refractivity contribution is 5.92. The maximum Gasteiger partial charge on any atom is 0.335 e. The summed E-state index contributed by atoms with van der Waals surface area (Å²) in [6.07, 6.45) is 5.36. The highest BCUT2D eigenvalue weighted by Crippen LogP contribution is 2.18. The molecule has 3 aromatic rings. The van der Waals surface area contributed by atoms with Crippen LogP contribution in [0.1, 0.15) is 23.3 Å². The number of carboxylic acid groups (broad SMARTS) is 1.